The molecule has 5 rings (SSSR count). The van der Waals surface area contributed by atoms with Gasteiger partial charge >= 0.3 is 12.4 Å². The van der Waals surface area contributed by atoms with Crippen molar-refractivity contribution >= 4 is 11.8 Å². The molecule has 2 unspecified atom stereocenters. The molecule has 2 N–H and O–H groups in total. The van der Waals surface area contributed by atoms with Crippen LogP contribution in [0.1, 0.15) is 100 Å². The molecular weight excluding hydrogens is 704 g/mol. The molecular formula is C43H53F6N3O2. The molecule has 3 aromatic carbocycles. The van der Waals surface area contributed by atoms with Gasteiger partial charge in [0.1, 0.15) is 12.0 Å². The number of hydrogen-bond donors (Lipinski definition) is 2. The standard InChI is InChI=1S/C43H53F6N3O2/c1-3-31(28-32-18-20-33(21-19-32)43(47,48)49)13-5-4-12-30(2)39(53)51-34-22-26-52(27-23-34)25-11-10-24-41(40(54)50-29-42(44,45)46)37-16-8-6-14-35(37)36-15-7-9-17-38(36)41/h6-9,14-21,30-31,34H,3-5,10-13,22-29H2,1-2H3,(H,50,54)(H,51,53). The van der Waals surface area contributed by atoms with Gasteiger partial charge in [-0.3, -0.25) is 9.59 Å². The Hall–Kier alpha value is -3.86. The number of unbranched alkanes of at least 4 members (excludes halogenated alkanes) is 2. The van der Waals surface area contributed by atoms with Gasteiger partial charge in [0, 0.05) is 25.0 Å². The minimum absolute atomic E-state index is 0.0662. The van der Waals surface area contributed by atoms with Crippen LogP contribution in [0.3, 0.4) is 0 Å². The first-order valence-corrected chi connectivity index (χ1v) is 19.4. The summed E-state index contributed by atoms with van der Waals surface area (Å²) >= 11 is 0. The van der Waals surface area contributed by atoms with Crippen LogP contribution in [0.5, 0.6) is 0 Å². The van der Waals surface area contributed by atoms with E-state index in [-0.39, 0.29) is 17.9 Å². The Kier molecular flexibility index (Phi) is 13.9. The van der Waals surface area contributed by atoms with E-state index in [0.717, 1.165) is 117 Å². The highest BCUT2D eigenvalue weighted by Crippen LogP contribution is 2.51. The highest BCUT2D eigenvalue weighted by Gasteiger charge is 2.49. The van der Waals surface area contributed by atoms with Crippen LogP contribution in [0, 0.1) is 11.8 Å². The Bertz CT molecular complexity index is 1640. The number of alkyl halides is 6. The summed E-state index contributed by atoms with van der Waals surface area (Å²) in [5, 5.41) is 5.44. The molecule has 0 aromatic heterocycles. The van der Waals surface area contributed by atoms with Crippen molar-refractivity contribution in [1.29, 1.82) is 0 Å². The number of fused-ring (bicyclic) bond motifs is 3. The fourth-order valence-corrected chi connectivity index (χ4v) is 8.28. The summed E-state index contributed by atoms with van der Waals surface area (Å²) in [6.07, 6.45) is 0.00364. The first-order chi connectivity index (χ1) is 25.7. The molecule has 2 amide bonds. The van der Waals surface area contributed by atoms with Crippen molar-refractivity contribution in [1.82, 2.24) is 15.5 Å². The maximum atomic E-state index is 13.7. The molecule has 0 bridgehead atoms. The first kappa shape index (κ1) is 41.3. The zero-order valence-electron chi connectivity index (χ0n) is 31.3. The summed E-state index contributed by atoms with van der Waals surface area (Å²) in [5.74, 6) is -0.276. The van der Waals surface area contributed by atoms with Gasteiger partial charge in [-0.2, -0.15) is 26.3 Å². The van der Waals surface area contributed by atoms with Crippen LogP contribution in [0.15, 0.2) is 72.8 Å². The molecule has 1 aliphatic heterocycles. The Balaban J connectivity index is 1.03. The van der Waals surface area contributed by atoms with E-state index < -0.39 is 35.8 Å². The lowest BCUT2D eigenvalue weighted by atomic mass is 9.73. The molecule has 5 nitrogen and oxygen atoms in total. The van der Waals surface area contributed by atoms with Crippen molar-refractivity contribution in [3.63, 3.8) is 0 Å². The number of nitrogens with zero attached hydrogens (tertiary/aromatic N) is 1. The summed E-state index contributed by atoms with van der Waals surface area (Å²) in [7, 11) is 0. The maximum absolute atomic E-state index is 13.7. The Morgan fingerprint density at radius 1 is 0.815 bits per heavy atom. The normalized spacial score (nSPS) is 17.0. The lowest BCUT2D eigenvalue weighted by molar-refractivity contribution is -0.141. The second kappa shape index (κ2) is 18.2. The Morgan fingerprint density at radius 2 is 1.41 bits per heavy atom. The van der Waals surface area contributed by atoms with E-state index in [0.29, 0.717) is 18.8 Å². The summed E-state index contributed by atoms with van der Waals surface area (Å²) < 4.78 is 78.2. The summed E-state index contributed by atoms with van der Waals surface area (Å²) in [6, 6.07) is 20.6. The second-order valence-electron chi connectivity index (χ2n) is 15.2. The van der Waals surface area contributed by atoms with E-state index in [2.05, 4.69) is 22.5 Å². The third-order valence-corrected chi connectivity index (χ3v) is 11.4. The molecule has 0 radical (unpaired) electrons. The van der Waals surface area contributed by atoms with E-state index in [1.165, 1.54) is 0 Å². The van der Waals surface area contributed by atoms with Crippen molar-refractivity contribution in [3.05, 3.63) is 95.1 Å². The van der Waals surface area contributed by atoms with Crippen molar-refractivity contribution in [2.75, 3.05) is 26.2 Å². The second-order valence-corrected chi connectivity index (χ2v) is 15.2. The monoisotopic (exact) mass is 757 g/mol. The molecule has 54 heavy (non-hydrogen) atoms. The first-order valence-electron chi connectivity index (χ1n) is 19.4. The van der Waals surface area contributed by atoms with Gasteiger partial charge in [0.05, 0.1) is 5.56 Å². The van der Waals surface area contributed by atoms with Crippen LogP contribution >= 0.6 is 0 Å². The third-order valence-electron chi connectivity index (χ3n) is 11.4. The van der Waals surface area contributed by atoms with Crippen LogP contribution in [-0.2, 0) is 27.6 Å². The number of amides is 2. The highest BCUT2D eigenvalue weighted by molar-refractivity contribution is 6.00. The van der Waals surface area contributed by atoms with Crippen molar-refractivity contribution < 1.29 is 35.9 Å². The van der Waals surface area contributed by atoms with Crippen LogP contribution in [-0.4, -0.2) is 55.1 Å². The number of rotatable bonds is 17. The number of piperidine rings is 1. The average Bonchev–Trinajstić information content (AvgIpc) is 3.44. The summed E-state index contributed by atoms with van der Waals surface area (Å²) in [4.78, 5) is 29.1. The number of hydrogen-bond acceptors (Lipinski definition) is 3. The topological polar surface area (TPSA) is 61.4 Å². The molecule has 0 spiro atoms. The Labute approximate surface area is 315 Å². The quantitative estimate of drug-likeness (QED) is 0.107. The number of benzene rings is 3. The van der Waals surface area contributed by atoms with Crippen LogP contribution in [0.25, 0.3) is 11.1 Å². The lowest BCUT2D eigenvalue weighted by Crippen LogP contribution is -2.47. The zero-order chi connectivity index (χ0) is 38.9. The fourth-order valence-electron chi connectivity index (χ4n) is 8.28. The molecule has 1 fully saturated rings. The van der Waals surface area contributed by atoms with Crippen molar-refractivity contribution in [3.8, 4) is 11.1 Å². The molecule has 3 aromatic rings. The van der Waals surface area contributed by atoms with Crippen LogP contribution in [0.2, 0.25) is 0 Å². The molecule has 1 saturated heterocycles. The van der Waals surface area contributed by atoms with E-state index in [4.69, 9.17) is 0 Å². The average molecular weight is 758 g/mol. The molecule has 11 heteroatoms. The van der Waals surface area contributed by atoms with Gasteiger partial charge in [-0.15, -0.1) is 0 Å². The minimum atomic E-state index is -4.51. The molecule has 1 aliphatic carbocycles. The van der Waals surface area contributed by atoms with Gasteiger partial charge in [-0.05, 0) is 90.9 Å². The van der Waals surface area contributed by atoms with Crippen molar-refractivity contribution in [2.24, 2.45) is 11.8 Å². The van der Waals surface area contributed by atoms with Gasteiger partial charge in [0.25, 0.3) is 0 Å². The fraction of sp³-hybridized carbons (Fsp3) is 0.535. The van der Waals surface area contributed by atoms with Gasteiger partial charge < -0.3 is 15.5 Å². The number of carbonyl (C=O) groups is 2. The molecule has 0 saturated carbocycles. The smallest absolute Gasteiger partial charge is 0.353 e. The molecule has 2 atom stereocenters. The van der Waals surface area contributed by atoms with E-state index >= 15 is 0 Å². The van der Waals surface area contributed by atoms with Gasteiger partial charge in [-0.25, -0.2) is 0 Å². The van der Waals surface area contributed by atoms with Crippen LogP contribution < -0.4 is 10.6 Å². The van der Waals surface area contributed by atoms with Gasteiger partial charge in [-0.1, -0.05) is 107 Å². The minimum Gasteiger partial charge on any atom is -0.353 e. The molecule has 2 aliphatic rings. The van der Waals surface area contributed by atoms with Crippen molar-refractivity contribution in [2.45, 2.75) is 108 Å². The van der Waals surface area contributed by atoms with E-state index in [1.54, 1.807) is 12.1 Å². The zero-order valence-corrected chi connectivity index (χ0v) is 31.3. The maximum Gasteiger partial charge on any atom is 0.416 e. The number of halogens is 6. The van der Waals surface area contributed by atoms with E-state index in [1.807, 2.05) is 55.5 Å². The summed E-state index contributed by atoms with van der Waals surface area (Å²) in [5.41, 5.74) is 2.35. The SMILES string of the molecule is CCC(CCCCC(C)C(=O)NC1CCN(CCCCC2(C(=O)NCC(F)(F)F)c3ccccc3-c3ccccc32)CC1)Cc1ccc(C(F)(F)F)cc1. The predicted molar refractivity (Wildman–Crippen MR) is 200 cm³/mol. The van der Waals surface area contributed by atoms with Gasteiger partial charge in [0.15, 0.2) is 0 Å². The van der Waals surface area contributed by atoms with Gasteiger partial charge in [0.2, 0.25) is 11.8 Å². The largest absolute Gasteiger partial charge is 0.416 e. The lowest BCUT2D eigenvalue weighted by Gasteiger charge is -2.34. The number of nitrogens with one attached hydrogen (secondary N) is 2. The molecule has 294 valence electrons. The third kappa shape index (κ3) is 10.5. The van der Waals surface area contributed by atoms with E-state index in [9.17, 15) is 35.9 Å². The molecule has 1 heterocycles. The predicted octanol–water partition coefficient (Wildman–Crippen LogP) is 9.87. The number of carbonyl (C=O) groups excluding carboxylic acids is 2. The summed E-state index contributed by atoms with van der Waals surface area (Å²) in [6.45, 7) is 5.16. The highest BCUT2D eigenvalue weighted by atomic mass is 19.4. The van der Waals surface area contributed by atoms with Crippen LogP contribution in [0.4, 0.5) is 26.3 Å². The number of likely N-dealkylation sites (tertiary alicyclic amines) is 1. The Morgan fingerprint density at radius 3 is 1.98 bits per heavy atom.